The first-order valence-electron chi connectivity index (χ1n) is 7.38. The Labute approximate surface area is 141 Å². The Bertz CT molecular complexity index is 555. The molecule has 0 unspecified atom stereocenters. The predicted molar refractivity (Wildman–Crippen MR) is 87.3 cm³/mol. The molecule has 2 rings (SSSR count). The van der Waals surface area contributed by atoms with Crippen LogP contribution in [0.1, 0.15) is 36.0 Å². The van der Waals surface area contributed by atoms with Gasteiger partial charge in [0.1, 0.15) is 17.1 Å². The van der Waals surface area contributed by atoms with E-state index in [9.17, 15) is 9.59 Å². The van der Waals surface area contributed by atoms with Gasteiger partial charge >= 0.3 is 11.9 Å². The molecule has 7 heteroatoms. The first-order chi connectivity index (χ1) is 10.5. The van der Waals surface area contributed by atoms with Crippen molar-refractivity contribution in [1.82, 2.24) is 0 Å². The number of methoxy groups -OCH3 is 1. The minimum atomic E-state index is -1.13. The maximum atomic E-state index is 12.2. The van der Waals surface area contributed by atoms with Crippen LogP contribution in [0.5, 0.6) is 11.5 Å². The van der Waals surface area contributed by atoms with E-state index in [0.717, 1.165) is 25.7 Å². The van der Waals surface area contributed by atoms with E-state index in [1.54, 1.807) is 0 Å². The lowest BCUT2D eigenvalue weighted by Crippen LogP contribution is -2.28. The number of aromatic carboxylic acids is 1. The molecule has 1 fully saturated rings. The van der Waals surface area contributed by atoms with E-state index in [1.165, 1.54) is 25.3 Å². The monoisotopic (exact) mass is 343 g/mol. The zero-order valence-corrected chi connectivity index (χ0v) is 13.8. The molecule has 0 heterocycles. The number of benzene rings is 1. The number of carbonyl (C=O) groups is 2. The van der Waals surface area contributed by atoms with E-state index < -0.39 is 5.97 Å². The molecular weight excluding hydrogens is 322 g/mol. The van der Waals surface area contributed by atoms with E-state index in [4.69, 9.17) is 20.3 Å². The van der Waals surface area contributed by atoms with Crippen LogP contribution >= 0.6 is 12.4 Å². The van der Waals surface area contributed by atoms with E-state index >= 15 is 0 Å². The molecule has 0 aromatic heterocycles. The molecule has 0 radical (unpaired) electrons. The number of ether oxygens (including phenoxy) is 2. The van der Waals surface area contributed by atoms with Gasteiger partial charge in [-0.05, 0) is 56.3 Å². The molecule has 128 valence electrons. The van der Waals surface area contributed by atoms with Crippen molar-refractivity contribution in [1.29, 1.82) is 0 Å². The van der Waals surface area contributed by atoms with Crippen molar-refractivity contribution >= 4 is 24.3 Å². The number of hydrogen-bond acceptors (Lipinski definition) is 5. The molecule has 1 aliphatic rings. The third kappa shape index (κ3) is 4.84. The second-order valence-electron chi connectivity index (χ2n) is 5.54. The maximum Gasteiger partial charge on any atom is 0.339 e. The van der Waals surface area contributed by atoms with Crippen LogP contribution in [0.15, 0.2) is 18.2 Å². The highest BCUT2D eigenvalue weighted by atomic mass is 35.5. The lowest BCUT2D eigenvalue weighted by Gasteiger charge is -2.26. The van der Waals surface area contributed by atoms with Gasteiger partial charge in [-0.25, -0.2) is 4.79 Å². The molecule has 1 aromatic rings. The average molecular weight is 344 g/mol. The van der Waals surface area contributed by atoms with Crippen LogP contribution in [0.4, 0.5) is 0 Å². The zero-order valence-electron chi connectivity index (χ0n) is 13.0. The van der Waals surface area contributed by atoms with Crippen LogP contribution in [-0.4, -0.2) is 30.7 Å². The molecule has 0 saturated heterocycles. The zero-order chi connectivity index (χ0) is 16.1. The Morgan fingerprint density at radius 2 is 1.91 bits per heavy atom. The summed E-state index contributed by atoms with van der Waals surface area (Å²) in [7, 11) is 1.39. The molecule has 0 amide bonds. The fourth-order valence-electron chi connectivity index (χ4n) is 2.75. The molecule has 23 heavy (non-hydrogen) atoms. The van der Waals surface area contributed by atoms with Gasteiger partial charge in [-0.1, -0.05) is 0 Å². The van der Waals surface area contributed by atoms with Crippen LogP contribution < -0.4 is 15.2 Å². The van der Waals surface area contributed by atoms with Crippen LogP contribution in [-0.2, 0) is 4.79 Å². The molecule has 1 saturated carbocycles. The number of esters is 1. The maximum absolute atomic E-state index is 12.2. The van der Waals surface area contributed by atoms with Gasteiger partial charge in [-0.2, -0.15) is 0 Å². The molecule has 6 nitrogen and oxygen atoms in total. The normalized spacial score (nSPS) is 20.3. The Morgan fingerprint density at radius 1 is 1.26 bits per heavy atom. The first kappa shape index (κ1) is 19.3. The number of carboxylic acid groups (broad SMARTS) is 1. The van der Waals surface area contributed by atoms with Gasteiger partial charge in [-0.15, -0.1) is 12.4 Å². The van der Waals surface area contributed by atoms with Gasteiger partial charge in [0, 0.05) is 0 Å². The standard InChI is InChI=1S/C16H21NO5.ClH/c1-21-14-7-6-12(8-13(14)15(18)19)22-16(20)11-4-2-10(9-17)3-5-11;/h6-8,10-11H,2-5,9,17H2,1H3,(H,18,19);1H. The molecule has 0 atom stereocenters. The van der Waals surface area contributed by atoms with Crippen molar-refractivity contribution < 1.29 is 24.2 Å². The second kappa shape index (κ2) is 8.74. The minimum Gasteiger partial charge on any atom is -0.496 e. The molecule has 0 spiro atoms. The largest absolute Gasteiger partial charge is 0.496 e. The Balaban J connectivity index is 0.00000264. The lowest BCUT2D eigenvalue weighted by molar-refractivity contribution is -0.140. The van der Waals surface area contributed by atoms with Crippen molar-refractivity contribution in [2.24, 2.45) is 17.6 Å². The van der Waals surface area contributed by atoms with E-state index in [-0.39, 0.29) is 41.4 Å². The second-order valence-corrected chi connectivity index (χ2v) is 5.54. The summed E-state index contributed by atoms with van der Waals surface area (Å²) < 4.78 is 10.3. The van der Waals surface area contributed by atoms with Gasteiger partial charge in [0.05, 0.1) is 13.0 Å². The summed E-state index contributed by atoms with van der Waals surface area (Å²) in [6.07, 6.45) is 3.39. The lowest BCUT2D eigenvalue weighted by atomic mass is 9.82. The summed E-state index contributed by atoms with van der Waals surface area (Å²) in [4.78, 5) is 23.3. The fourth-order valence-corrected chi connectivity index (χ4v) is 2.75. The van der Waals surface area contributed by atoms with Crippen molar-refractivity contribution in [2.75, 3.05) is 13.7 Å². The predicted octanol–water partition coefficient (Wildman–Crippen LogP) is 2.49. The number of hydrogen-bond donors (Lipinski definition) is 2. The van der Waals surface area contributed by atoms with Gasteiger partial charge in [0.2, 0.25) is 0 Å². The Hall–Kier alpha value is -1.79. The number of carbonyl (C=O) groups excluding carboxylic acids is 1. The van der Waals surface area contributed by atoms with Crippen molar-refractivity contribution in [3.8, 4) is 11.5 Å². The highest BCUT2D eigenvalue weighted by Gasteiger charge is 2.27. The van der Waals surface area contributed by atoms with Gasteiger partial charge in [0.15, 0.2) is 0 Å². The summed E-state index contributed by atoms with van der Waals surface area (Å²) in [6.45, 7) is 0.655. The summed E-state index contributed by atoms with van der Waals surface area (Å²) in [5, 5.41) is 9.13. The van der Waals surface area contributed by atoms with Gasteiger partial charge in [0.25, 0.3) is 0 Å². The van der Waals surface area contributed by atoms with Crippen LogP contribution in [0.25, 0.3) is 0 Å². The van der Waals surface area contributed by atoms with E-state index in [0.29, 0.717) is 12.5 Å². The number of halogens is 1. The number of rotatable bonds is 5. The summed E-state index contributed by atoms with van der Waals surface area (Å²) in [5.74, 6) is -0.628. The van der Waals surface area contributed by atoms with Crippen LogP contribution in [0.3, 0.4) is 0 Å². The van der Waals surface area contributed by atoms with Crippen LogP contribution in [0, 0.1) is 11.8 Å². The minimum absolute atomic E-state index is 0. The molecule has 0 aliphatic heterocycles. The highest BCUT2D eigenvalue weighted by Crippen LogP contribution is 2.30. The van der Waals surface area contributed by atoms with E-state index in [2.05, 4.69) is 0 Å². The molecule has 1 aromatic carbocycles. The van der Waals surface area contributed by atoms with Gasteiger partial charge in [-0.3, -0.25) is 4.79 Å². The molecule has 0 bridgehead atoms. The third-order valence-corrected chi connectivity index (χ3v) is 4.13. The number of nitrogens with two attached hydrogens (primary N) is 1. The highest BCUT2D eigenvalue weighted by molar-refractivity contribution is 5.91. The smallest absolute Gasteiger partial charge is 0.339 e. The first-order valence-corrected chi connectivity index (χ1v) is 7.38. The summed E-state index contributed by atoms with van der Waals surface area (Å²) in [6, 6.07) is 4.33. The molecule has 1 aliphatic carbocycles. The third-order valence-electron chi connectivity index (χ3n) is 4.13. The molecule has 3 N–H and O–H groups in total. The quantitative estimate of drug-likeness (QED) is 0.629. The number of carboxylic acids is 1. The van der Waals surface area contributed by atoms with Crippen LogP contribution in [0.2, 0.25) is 0 Å². The van der Waals surface area contributed by atoms with Crippen molar-refractivity contribution in [3.63, 3.8) is 0 Å². The topological polar surface area (TPSA) is 98.9 Å². The average Bonchev–Trinajstić information content (AvgIpc) is 2.54. The van der Waals surface area contributed by atoms with Crippen molar-refractivity contribution in [2.45, 2.75) is 25.7 Å². The molecular formula is C16H22ClNO5. The summed E-state index contributed by atoms with van der Waals surface area (Å²) in [5.41, 5.74) is 5.61. The van der Waals surface area contributed by atoms with Gasteiger partial charge < -0.3 is 20.3 Å². The Kier molecular flexibility index (Phi) is 7.32. The van der Waals surface area contributed by atoms with Crippen molar-refractivity contribution in [3.05, 3.63) is 23.8 Å². The fraction of sp³-hybridized carbons (Fsp3) is 0.500. The Morgan fingerprint density at radius 3 is 2.43 bits per heavy atom. The summed E-state index contributed by atoms with van der Waals surface area (Å²) >= 11 is 0. The SMILES string of the molecule is COc1ccc(OC(=O)C2CCC(CN)CC2)cc1C(=O)O.Cl. The van der Waals surface area contributed by atoms with E-state index in [1.807, 2.05) is 0 Å².